The third-order valence-electron chi connectivity index (χ3n) is 3.70. The average molecular weight is 251 g/mol. The second-order valence-corrected chi connectivity index (χ2v) is 4.84. The predicted molar refractivity (Wildman–Crippen MR) is 64.1 cm³/mol. The van der Waals surface area contributed by atoms with E-state index in [-0.39, 0.29) is 12.5 Å². The van der Waals surface area contributed by atoms with Crippen LogP contribution >= 0.6 is 0 Å². The first kappa shape index (κ1) is 12.6. The Morgan fingerprint density at radius 3 is 2.72 bits per heavy atom. The Bertz CT molecular complexity index is 483. The molecule has 1 atom stereocenters. The smallest absolute Gasteiger partial charge is 0.311 e. The van der Waals surface area contributed by atoms with Crippen molar-refractivity contribution in [2.24, 2.45) is 12.5 Å². The highest BCUT2D eigenvalue weighted by Crippen LogP contribution is 2.34. The second kappa shape index (κ2) is 4.44. The SMILES string of the molecule is CCC1(C(=O)O)CCN(C(=O)c2cn(C)cn2)C1. The molecule has 0 radical (unpaired) electrons. The summed E-state index contributed by atoms with van der Waals surface area (Å²) in [5.41, 5.74) is -0.417. The first-order valence-electron chi connectivity index (χ1n) is 5.99. The molecule has 6 heteroatoms. The van der Waals surface area contributed by atoms with Gasteiger partial charge in [0.2, 0.25) is 0 Å². The minimum Gasteiger partial charge on any atom is -0.481 e. The summed E-state index contributed by atoms with van der Waals surface area (Å²) in [5, 5.41) is 9.28. The number of carboxylic acid groups (broad SMARTS) is 1. The number of aryl methyl sites for hydroxylation is 1. The quantitative estimate of drug-likeness (QED) is 0.860. The number of nitrogens with zero attached hydrogens (tertiary/aromatic N) is 3. The molecule has 0 saturated carbocycles. The van der Waals surface area contributed by atoms with Gasteiger partial charge in [0, 0.05) is 26.3 Å². The lowest BCUT2D eigenvalue weighted by Gasteiger charge is -2.22. The normalized spacial score (nSPS) is 23.3. The van der Waals surface area contributed by atoms with Crippen LogP contribution in [-0.2, 0) is 11.8 Å². The van der Waals surface area contributed by atoms with Crippen LogP contribution in [0, 0.1) is 5.41 Å². The number of carbonyl (C=O) groups is 2. The molecule has 18 heavy (non-hydrogen) atoms. The lowest BCUT2D eigenvalue weighted by atomic mass is 9.84. The van der Waals surface area contributed by atoms with Gasteiger partial charge in [0.25, 0.3) is 5.91 Å². The Morgan fingerprint density at radius 2 is 2.28 bits per heavy atom. The molecule has 1 aliphatic heterocycles. The third kappa shape index (κ3) is 1.98. The molecule has 0 aliphatic carbocycles. The molecule has 1 aliphatic rings. The molecule has 1 aromatic rings. The molecule has 1 N–H and O–H groups in total. The van der Waals surface area contributed by atoms with Crippen molar-refractivity contribution in [2.45, 2.75) is 19.8 Å². The summed E-state index contributed by atoms with van der Waals surface area (Å²) in [6.45, 7) is 2.60. The van der Waals surface area contributed by atoms with Crippen molar-refractivity contribution in [1.29, 1.82) is 0 Å². The van der Waals surface area contributed by atoms with E-state index >= 15 is 0 Å². The number of hydrogen-bond acceptors (Lipinski definition) is 3. The van der Waals surface area contributed by atoms with Crippen LogP contribution in [0.15, 0.2) is 12.5 Å². The van der Waals surface area contributed by atoms with Gasteiger partial charge >= 0.3 is 5.97 Å². The van der Waals surface area contributed by atoms with Crippen molar-refractivity contribution in [3.8, 4) is 0 Å². The molecule has 1 fully saturated rings. The fourth-order valence-corrected chi connectivity index (χ4v) is 2.35. The zero-order valence-electron chi connectivity index (χ0n) is 10.6. The Kier molecular flexibility index (Phi) is 3.11. The maximum absolute atomic E-state index is 12.1. The molecule has 1 unspecified atom stereocenters. The minimum absolute atomic E-state index is 0.188. The highest BCUT2D eigenvalue weighted by atomic mass is 16.4. The van der Waals surface area contributed by atoms with Crippen molar-refractivity contribution in [1.82, 2.24) is 14.5 Å². The van der Waals surface area contributed by atoms with E-state index in [2.05, 4.69) is 4.98 Å². The van der Waals surface area contributed by atoms with Gasteiger partial charge in [-0.2, -0.15) is 0 Å². The van der Waals surface area contributed by atoms with Crippen molar-refractivity contribution in [3.63, 3.8) is 0 Å². The zero-order valence-corrected chi connectivity index (χ0v) is 10.6. The number of amides is 1. The number of likely N-dealkylation sites (tertiary alicyclic amines) is 1. The van der Waals surface area contributed by atoms with Crippen LogP contribution in [0.2, 0.25) is 0 Å². The molecule has 1 saturated heterocycles. The van der Waals surface area contributed by atoms with Gasteiger partial charge in [-0.1, -0.05) is 6.92 Å². The minimum atomic E-state index is -0.818. The van der Waals surface area contributed by atoms with Gasteiger partial charge < -0.3 is 14.6 Å². The van der Waals surface area contributed by atoms with E-state index in [9.17, 15) is 14.7 Å². The van der Waals surface area contributed by atoms with Gasteiger partial charge in [-0.15, -0.1) is 0 Å². The van der Waals surface area contributed by atoms with Gasteiger partial charge in [0.05, 0.1) is 11.7 Å². The molecule has 2 heterocycles. The topological polar surface area (TPSA) is 75.4 Å². The molecule has 98 valence electrons. The number of carboxylic acids is 1. The monoisotopic (exact) mass is 251 g/mol. The highest BCUT2D eigenvalue weighted by Gasteiger charge is 2.45. The van der Waals surface area contributed by atoms with E-state index in [1.807, 2.05) is 6.92 Å². The number of hydrogen-bond donors (Lipinski definition) is 1. The van der Waals surface area contributed by atoms with E-state index < -0.39 is 11.4 Å². The number of carbonyl (C=O) groups excluding carboxylic acids is 1. The summed E-state index contributed by atoms with van der Waals surface area (Å²) in [5.74, 6) is -1.01. The Labute approximate surface area is 105 Å². The number of aliphatic carboxylic acids is 1. The molecule has 0 bridgehead atoms. The highest BCUT2D eigenvalue weighted by molar-refractivity contribution is 5.93. The zero-order chi connectivity index (χ0) is 13.3. The second-order valence-electron chi connectivity index (χ2n) is 4.84. The van der Waals surface area contributed by atoms with Gasteiger partial charge in [-0.25, -0.2) is 4.98 Å². The summed E-state index contributed by atoms with van der Waals surface area (Å²) in [6.07, 6.45) is 4.26. The molecule has 0 spiro atoms. The van der Waals surface area contributed by atoms with Gasteiger partial charge in [-0.05, 0) is 12.8 Å². The molecule has 1 amide bonds. The summed E-state index contributed by atoms with van der Waals surface area (Å²) in [6, 6.07) is 0. The Hall–Kier alpha value is -1.85. The lowest BCUT2D eigenvalue weighted by molar-refractivity contribution is -0.148. The fraction of sp³-hybridized carbons (Fsp3) is 0.583. The van der Waals surface area contributed by atoms with Crippen molar-refractivity contribution >= 4 is 11.9 Å². The number of rotatable bonds is 3. The van der Waals surface area contributed by atoms with E-state index in [0.29, 0.717) is 25.1 Å². The van der Waals surface area contributed by atoms with Crippen LogP contribution in [0.25, 0.3) is 0 Å². The summed E-state index contributed by atoms with van der Waals surface area (Å²) >= 11 is 0. The lowest BCUT2D eigenvalue weighted by Crippen LogP contribution is -2.36. The average Bonchev–Trinajstić information content (AvgIpc) is 2.95. The Balaban J connectivity index is 2.13. The largest absolute Gasteiger partial charge is 0.481 e. The first-order valence-corrected chi connectivity index (χ1v) is 5.99. The van der Waals surface area contributed by atoms with Gasteiger partial charge in [0.15, 0.2) is 0 Å². The van der Waals surface area contributed by atoms with Crippen LogP contribution in [0.4, 0.5) is 0 Å². The maximum Gasteiger partial charge on any atom is 0.311 e. The molecular formula is C12H17N3O3. The van der Waals surface area contributed by atoms with Crippen molar-refractivity contribution < 1.29 is 14.7 Å². The fourth-order valence-electron chi connectivity index (χ4n) is 2.35. The molecule has 6 nitrogen and oxygen atoms in total. The van der Waals surface area contributed by atoms with Gasteiger partial charge in [-0.3, -0.25) is 9.59 Å². The van der Waals surface area contributed by atoms with Crippen LogP contribution in [-0.4, -0.2) is 44.5 Å². The molecule has 2 rings (SSSR count). The molecular weight excluding hydrogens is 234 g/mol. The van der Waals surface area contributed by atoms with Crippen LogP contribution in [0.1, 0.15) is 30.3 Å². The van der Waals surface area contributed by atoms with E-state index in [0.717, 1.165) is 0 Å². The summed E-state index contributed by atoms with van der Waals surface area (Å²) in [7, 11) is 1.79. The summed E-state index contributed by atoms with van der Waals surface area (Å²) in [4.78, 5) is 29.0. The van der Waals surface area contributed by atoms with Crippen molar-refractivity contribution in [3.05, 3.63) is 18.2 Å². The van der Waals surface area contributed by atoms with E-state index in [4.69, 9.17) is 0 Å². The van der Waals surface area contributed by atoms with Crippen LogP contribution in [0.3, 0.4) is 0 Å². The number of imidazole rings is 1. The molecule has 0 aromatic carbocycles. The maximum atomic E-state index is 12.1. The van der Waals surface area contributed by atoms with Gasteiger partial charge in [0.1, 0.15) is 5.69 Å². The molecule has 1 aromatic heterocycles. The first-order chi connectivity index (χ1) is 8.48. The van der Waals surface area contributed by atoms with Crippen molar-refractivity contribution in [2.75, 3.05) is 13.1 Å². The van der Waals surface area contributed by atoms with E-state index in [1.54, 1.807) is 29.0 Å². The third-order valence-corrected chi connectivity index (χ3v) is 3.70. The van der Waals surface area contributed by atoms with E-state index in [1.165, 1.54) is 0 Å². The predicted octanol–water partition coefficient (Wildman–Crippen LogP) is 0.747. The van der Waals surface area contributed by atoms with Crippen LogP contribution in [0.5, 0.6) is 0 Å². The van der Waals surface area contributed by atoms with Crippen LogP contribution < -0.4 is 0 Å². The standard InChI is InChI=1S/C12H17N3O3/c1-3-12(11(17)18)4-5-15(7-12)10(16)9-6-14(2)8-13-9/h6,8H,3-5,7H2,1-2H3,(H,17,18). The summed E-state index contributed by atoms with van der Waals surface area (Å²) < 4.78 is 1.70. The number of aromatic nitrogens is 2. The Morgan fingerprint density at radius 1 is 1.56 bits per heavy atom.